The number of carboxylic acids is 1. The molecule has 0 aromatic rings. The molecule has 9 heteroatoms. The number of allylic oxidation sites excluding steroid dienone is 12. The van der Waals surface area contributed by atoms with Crippen LogP contribution in [0.3, 0.4) is 0 Å². The van der Waals surface area contributed by atoms with Crippen LogP contribution in [-0.4, -0.2) is 82.3 Å². The molecule has 0 amide bonds. The van der Waals surface area contributed by atoms with Gasteiger partial charge in [0, 0.05) is 12.8 Å². The molecule has 0 saturated heterocycles. The minimum atomic E-state index is -1.63. The Bertz CT molecular complexity index is 1790. The Hall–Kier alpha value is -3.27. The number of hydrogen-bond acceptors (Lipinski definition) is 8. The molecule has 554 valence electrons. The monoisotopic (exact) mass is 1330 g/mol. The summed E-state index contributed by atoms with van der Waals surface area (Å²) in [6, 6.07) is 0. The van der Waals surface area contributed by atoms with Crippen LogP contribution in [0.25, 0.3) is 0 Å². The smallest absolute Gasteiger partial charge is 0.306 e. The van der Waals surface area contributed by atoms with Gasteiger partial charge in [-0.1, -0.05) is 395 Å². The highest BCUT2D eigenvalue weighted by molar-refractivity contribution is 5.70. The maximum Gasteiger partial charge on any atom is 0.306 e. The van der Waals surface area contributed by atoms with Gasteiger partial charge in [-0.3, -0.25) is 9.59 Å². The third-order valence-electron chi connectivity index (χ3n) is 18.5. The van der Waals surface area contributed by atoms with E-state index in [0.29, 0.717) is 23.9 Å². The highest BCUT2D eigenvalue weighted by Crippen LogP contribution is 2.20. The number of rotatable bonds is 77. The van der Waals surface area contributed by atoms with E-state index in [2.05, 4.69) is 86.8 Å². The normalized spacial score (nSPS) is 13.0. The molecule has 2 unspecified atom stereocenters. The Kier molecular flexibility index (Phi) is 73.9. The zero-order chi connectivity index (χ0) is 69.0. The average molecular weight is 1330 g/mol. The lowest BCUT2D eigenvalue weighted by molar-refractivity contribution is -0.870. The zero-order valence-electron chi connectivity index (χ0n) is 63.6. The number of esters is 2. The van der Waals surface area contributed by atoms with Gasteiger partial charge < -0.3 is 33.3 Å². The van der Waals surface area contributed by atoms with Crippen LogP contribution in [0.15, 0.2) is 72.9 Å². The molecule has 0 saturated carbocycles. The van der Waals surface area contributed by atoms with Gasteiger partial charge in [-0.15, -0.1) is 0 Å². The minimum Gasteiger partial charge on any atom is -0.545 e. The van der Waals surface area contributed by atoms with E-state index in [1.54, 1.807) is 0 Å². The largest absolute Gasteiger partial charge is 0.545 e. The van der Waals surface area contributed by atoms with Gasteiger partial charge in [0.2, 0.25) is 0 Å². The standard InChI is InChI=1S/C86H157NO8/c1-6-8-10-12-14-16-18-20-22-24-26-28-30-32-34-36-37-38-39-40-41-42-43-44-45-46-47-49-50-52-54-56-58-60-62-64-66-68-70-72-74-76-83(88)93-80-82(81-94-86(85(90)91)92-79-78-87(3,4)5)95-84(89)77-75-73-71-69-67-65-63-61-59-57-55-53-51-48-35-33-31-29-27-25-23-21-19-17-15-13-11-9-7-2/h9,11,15,17,21,23,27,29,33,35,51,53,82,86H,6-8,10,12-14,16,18-20,22,24-26,28,30-32,34,36-50,52,54-81H2,1-5H3/b11-9-,17-15-,23-21-,29-27-,35-33-,53-51-. The predicted molar refractivity (Wildman–Crippen MR) is 408 cm³/mol. The summed E-state index contributed by atoms with van der Waals surface area (Å²) in [6.45, 7) is 4.69. The van der Waals surface area contributed by atoms with E-state index in [-0.39, 0.29) is 32.2 Å². The number of likely N-dealkylation sites (N-methyl/N-ethyl adjacent to an activating group) is 1. The fourth-order valence-electron chi connectivity index (χ4n) is 12.3. The van der Waals surface area contributed by atoms with E-state index in [0.717, 1.165) is 83.5 Å². The zero-order valence-corrected chi connectivity index (χ0v) is 63.6. The first-order chi connectivity index (χ1) is 46.6. The van der Waals surface area contributed by atoms with Crippen LogP contribution >= 0.6 is 0 Å². The van der Waals surface area contributed by atoms with Crippen LogP contribution in [0.2, 0.25) is 0 Å². The molecule has 95 heavy (non-hydrogen) atoms. The van der Waals surface area contributed by atoms with Gasteiger partial charge in [-0.05, 0) is 64.2 Å². The Morgan fingerprint density at radius 3 is 0.895 bits per heavy atom. The van der Waals surface area contributed by atoms with Crippen molar-refractivity contribution in [3.05, 3.63) is 72.9 Å². The van der Waals surface area contributed by atoms with Crippen molar-refractivity contribution < 1.29 is 42.9 Å². The quantitative estimate of drug-likeness (QED) is 0.0195. The highest BCUT2D eigenvalue weighted by Gasteiger charge is 2.22. The van der Waals surface area contributed by atoms with E-state index in [1.807, 2.05) is 21.1 Å². The first-order valence-electron chi connectivity index (χ1n) is 41.1. The molecule has 0 bridgehead atoms. The van der Waals surface area contributed by atoms with E-state index in [9.17, 15) is 19.5 Å². The number of aliphatic carboxylic acids is 1. The average Bonchev–Trinajstić information content (AvgIpc) is 2.86. The van der Waals surface area contributed by atoms with E-state index < -0.39 is 24.3 Å². The summed E-state index contributed by atoms with van der Waals surface area (Å²) in [5.41, 5.74) is 0. The minimum absolute atomic E-state index is 0.146. The Balaban J connectivity index is 3.95. The summed E-state index contributed by atoms with van der Waals surface area (Å²) in [6.07, 6.45) is 100. The molecule has 9 nitrogen and oxygen atoms in total. The summed E-state index contributed by atoms with van der Waals surface area (Å²) in [5.74, 6) is -2.27. The Labute approximate surface area is 589 Å². The van der Waals surface area contributed by atoms with Crippen LogP contribution in [-0.2, 0) is 33.3 Å². The van der Waals surface area contributed by atoms with Gasteiger partial charge in [-0.25, -0.2) is 0 Å². The number of quaternary nitrogens is 1. The van der Waals surface area contributed by atoms with Gasteiger partial charge in [0.15, 0.2) is 12.4 Å². The summed E-state index contributed by atoms with van der Waals surface area (Å²) in [4.78, 5) is 37.6. The van der Waals surface area contributed by atoms with Crippen LogP contribution in [0, 0.1) is 0 Å². The summed E-state index contributed by atoms with van der Waals surface area (Å²) in [5, 5.41) is 11.9. The molecule has 0 radical (unpaired) electrons. The Morgan fingerprint density at radius 2 is 0.600 bits per heavy atom. The first kappa shape index (κ1) is 91.7. The van der Waals surface area contributed by atoms with Crippen LogP contribution in [0.4, 0.5) is 0 Å². The van der Waals surface area contributed by atoms with E-state index in [1.165, 1.54) is 283 Å². The summed E-state index contributed by atoms with van der Waals surface area (Å²) in [7, 11) is 5.94. The molecule has 0 spiro atoms. The lowest BCUT2D eigenvalue weighted by atomic mass is 10.0. The van der Waals surface area contributed by atoms with Crippen LogP contribution < -0.4 is 5.11 Å². The molecule has 0 N–H and O–H groups in total. The molecule has 0 aromatic carbocycles. The molecule has 0 rings (SSSR count). The number of carbonyl (C=O) groups is 3. The molecule has 2 atom stereocenters. The summed E-state index contributed by atoms with van der Waals surface area (Å²) >= 11 is 0. The van der Waals surface area contributed by atoms with Crippen molar-refractivity contribution in [3.8, 4) is 0 Å². The second-order valence-corrected chi connectivity index (χ2v) is 29.0. The fraction of sp³-hybridized carbons (Fsp3) is 0.826. The maximum atomic E-state index is 13.0. The first-order valence-corrected chi connectivity index (χ1v) is 41.1. The summed E-state index contributed by atoms with van der Waals surface area (Å²) < 4.78 is 22.9. The molecule has 0 aliphatic rings. The number of carboxylic acid groups (broad SMARTS) is 1. The third kappa shape index (κ3) is 77.9. The topological polar surface area (TPSA) is 111 Å². The van der Waals surface area contributed by atoms with E-state index >= 15 is 0 Å². The maximum absolute atomic E-state index is 13.0. The molecular weight excluding hydrogens is 1170 g/mol. The van der Waals surface area contributed by atoms with Gasteiger partial charge in [0.05, 0.1) is 40.3 Å². The number of hydrogen-bond donors (Lipinski definition) is 0. The van der Waals surface area contributed by atoms with Crippen molar-refractivity contribution in [2.24, 2.45) is 0 Å². The molecular formula is C86H157NO8. The number of ether oxygens (including phenoxy) is 4. The fourth-order valence-corrected chi connectivity index (χ4v) is 12.3. The van der Waals surface area contributed by atoms with Crippen molar-refractivity contribution >= 4 is 17.9 Å². The van der Waals surface area contributed by atoms with Crippen molar-refractivity contribution in [2.45, 2.75) is 411 Å². The molecule has 0 aliphatic carbocycles. The highest BCUT2D eigenvalue weighted by atomic mass is 16.7. The molecule has 0 heterocycles. The van der Waals surface area contributed by atoms with Crippen molar-refractivity contribution in [1.82, 2.24) is 0 Å². The van der Waals surface area contributed by atoms with Gasteiger partial charge in [-0.2, -0.15) is 0 Å². The van der Waals surface area contributed by atoms with Crippen molar-refractivity contribution in [2.75, 3.05) is 47.5 Å². The van der Waals surface area contributed by atoms with E-state index in [4.69, 9.17) is 18.9 Å². The Morgan fingerprint density at radius 1 is 0.326 bits per heavy atom. The second kappa shape index (κ2) is 76.5. The lowest BCUT2D eigenvalue weighted by Crippen LogP contribution is -2.44. The molecule has 0 aliphatic heterocycles. The number of carbonyl (C=O) groups excluding carboxylic acids is 3. The van der Waals surface area contributed by atoms with Crippen LogP contribution in [0.1, 0.15) is 399 Å². The van der Waals surface area contributed by atoms with Gasteiger partial charge in [0.1, 0.15) is 13.2 Å². The predicted octanol–water partition coefficient (Wildman–Crippen LogP) is 25.0. The second-order valence-electron chi connectivity index (χ2n) is 29.0. The number of unbranched alkanes of at least 4 members (excludes halogenated alkanes) is 50. The van der Waals surface area contributed by atoms with Crippen LogP contribution in [0.5, 0.6) is 0 Å². The van der Waals surface area contributed by atoms with Gasteiger partial charge in [0.25, 0.3) is 0 Å². The van der Waals surface area contributed by atoms with Gasteiger partial charge >= 0.3 is 11.9 Å². The SMILES string of the molecule is CC/C=C\C/C=C\C/C=C\C/C=C\C/C=C\C/C=C\CCCCCCCCCCCCC(=O)OC(COC(=O)CCCCCCCCCCCCCCCCCCCCCCCCCCCCCCCCCCCCCCCCCCC)COC(OCC[N+](C)(C)C)C(=O)[O-]. The molecule has 0 aromatic heterocycles. The third-order valence-corrected chi connectivity index (χ3v) is 18.5. The number of nitrogens with zero attached hydrogens (tertiary/aromatic N) is 1. The van der Waals surface area contributed by atoms with Crippen molar-refractivity contribution in [3.63, 3.8) is 0 Å². The molecule has 0 fully saturated rings. The van der Waals surface area contributed by atoms with Crippen molar-refractivity contribution in [1.29, 1.82) is 0 Å². The lowest BCUT2D eigenvalue weighted by Gasteiger charge is -2.26.